The second-order valence-corrected chi connectivity index (χ2v) is 6.96. The van der Waals surface area contributed by atoms with Gasteiger partial charge in [-0.3, -0.25) is 4.79 Å². The summed E-state index contributed by atoms with van der Waals surface area (Å²) in [5, 5.41) is 0. The van der Waals surface area contributed by atoms with Crippen LogP contribution in [0.15, 0.2) is 30.3 Å². The Morgan fingerprint density at radius 1 is 1.07 bits per heavy atom. The van der Waals surface area contributed by atoms with E-state index in [1.807, 2.05) is 0 Å². The van der Waals surface area contributed by atoms with Gasteiger partial charge in [-0.1, -0.05) is 51.1 Å². The maximum absolute atomic E-state index is 13.4. The third kappa shape index (κ3) is 4.75. The number of hydrogen-bond acceptors (Lipinski definition) is 5. The summed E-state index contributed by atoms with van der Waals surface area (Å²) in [7, 11) is 1.32. The van der Waals surface area contributed by atoms with E-state index in [1.54, 1.807) is 51.1 Å². The van der Waals surface area contributed by atoms with E-state index in [4.69, 9.17) is 9.47 Å². The van der Waals surface area contributed by atoms with Crippen molar-refractivity contribution in [1.82, 2.24) is 9.97 Å². The van der Waals surface area contributed by atoms with Crippen LogP contribution in [0.25, 0.3) is 0 Å². The van der Waals surface area contributed by atoms with Crippen molar-refractivity contribution in [3.63, 3.8) is 0 Å². The average molecular weight is 382 g/mol. The minimum Gasteiger partial charge on any atom is -0.493 e. The lowest BCUT2D eigenvalue weighted by Crippen LogP contribution is -2.24. The standard InChI is InChI=1S/C19H21F3N2O3/c1-11(25)27-14(12-9-7-6-8-10-12)13-15(26-5)16(18(2,3)4)24-17(23-13)19(20,21)22/h6-10,14H,1-5H3. The molecule has 27 heavy (non-hydrogen) atoms. The summed E-state index contributed by atoms with van der Waals surface area (Å²) in [5.41, 5.74) is -0.361. The van der Waals surface area contributed by atoms with Crippen molar-refractivity contribution in [1.29, 1.82) is 0 Å². The van der Waals surface area contributed by atoms with Crippen LogP contribution in [0.5, 0.6) is 5.75 Å². The van der Waals surface area contributed by atoms with Crippen LogP contribution in [0.4, 0.5) is 13.2 Å². The van der Waals surface area contributed by atoms with E-state index in [2.05, 4.69) is 9.97 Å². The van der Waals surface area contributed by atoms with Crippen molar-refractivity contribution in [3.8, 4) is 5.75 Å². The van der Waals surface area contributed by atoms with Gasteiger partial charge in [0.15, 0.2) is 11.9 Å². The SMILES string of the molecule is COc1c(C(OC(C)=O)c2ccccc2)nc(C(F)(F)F)nc1C(C)(C)C. The molecule has 1 heterocycles. The highest BCUT2D eigenvalue weighted by Gasteiger charge is 2.40. The van der Waals surface area contributed by atoms with Crippen molar-refractivity contribution in [2.45, 2.75) is 45.4 Å². The third-order valence-corrected chi connectivity index (χ3v) is 3.69. The highest BCUT2D eigenvalue weighted by atomic mass is 19.4. The van der Waals surface area contributed by atoms with Crippen LogP contribution in [-0.4, -0.2) is 23.0 Å². The first-order valence-corrected chi connectivity index (χ1v) is 8.21. The quantitative estimate of drug-likeness (QED) is 0.731. The molecule has 1 aromatic heterocycles. The van der Waals surface area contributed by atoms with Crippen molar-refractivity contribution in [2.24, 2.45) is 0 Å². The molecular formula is C19H21F3N2O3. The van der Waals surface area contributed by atoms with Crippen molar-refractivity contribution in [3.05, 3.63) is 53.1 Å². The van der Waals surface area contributed by atoms with Gasteiger partial charge in [-0.25, -0.2) is 9.97 Å². The summed E-state index contributed by atoms with van der Waals surface area (Å²) in [4.78, 5) is 19.0. The summed E-state index contributed by atoms with van der Waals surface area (Å²) in [6, 6.07) is 8.40. The number of aromatic nitrogens is 2. The number of carbonyl (C=O) groups excluding carboxylic acids is 1. The zero-order valence-electron chi connectivity index (χ0n) is 15.7. The Hall–Kier alpha value is -2.64. The number of hydrogen-bond donors (Lipinski definition) is 0. The fraction of sp³-hybridized carbons (Fsp3) is 0.421. The Bertz CT molecular complexity index is 815. The van der Waals surface area contributed by atoms with Gasteiger partial charge in [0.25, 0.3) is 0 Å². The second-order valence-electron chi connectivity index (χ2n) is 6.96. The van der Waals surface area contributed by atoms with Gasteiger partial charge in [0.1, 0.15) is 5.69 Å². The van der Waals surface area contributed by atoms with E-state index in [9.17, 15) is 18.0 Å². The van der Waals surface area contributed by atoms with Gasteiger partial charge in [-0.05, 0) is 5.56 Å². The molecule has 0 bridgehead atoms. The molecule has 2 aromatic rings. The molecular weight excluding hydrogens is 361 g/mol. The van der Waals surface area contributed by atoms with Gasteiger partial charge >= 0.3 is 12.1 Å². The fourth-order valence-electron chi connectivity index (χ4n) is 2.56. The highest BCUT2D eigenvalue weighted by molar-refractivity contribution is 5.67. The Morgan fingerprint density at radius 2 is 1.67 bits per heavy atom. The number of alkyl halides is 3. The number of rotatable bonds is 4. The molecule has 1 aromatic carbocycles. The van der Waals surface area contributed by atoms with Crippen molar-refractivity contribution < 1.29 is 27.4 Å². The number of methoxy groups -OCH3 is 1. The smallest absolute Gasteiger partial charge is 0.451 e. The summed E-state index contributed by atoms with van der Waals surface area (Å²) in [5.74, 6) is -1.91. The van der Waals surface area contributed by atoms with Gasteiger partial charge in [-0.2, -0.15) is 13.2 Å². The predicted octanol–water partition coefficient (Wildman–Crippen LogP) is 4.45. The van der Waals surface area contributed by atoms with E-state index < -0.39 is 29.5 Å². The van der Waals surface area contributed by atoms with E-state index in [0.29, 0.717) is 5.56 Å². The number of carbonyl (C=O) groups is 1. The van der Waals surface area contributed by atoms with Gasteiger partial charge < -0.3 is 9.47 Å². The lowest BCUT2D eigenvalue weighted by molar-refractivity contribution is -0.146. The molecule has 0 aliphatic carbocycles. The molecule has 0 radical (unpaired) electrons. The summed E-state index contributed by atoms with van der Waals surface area (Å²) >= 11 is 0. The van der Waals surface area contributed by atoms with Crippen LogP contribution in [0.2, 0.25) is 0 Å². The van der Waals surface area contributed by atoms with Crippen LogP contribution >= 0.6 is 0 Å². The molecule has 1 unspecified atom stereocenters. The fourth-order valence-corrected chi connectivity index (χ4v) is 2.56. The van der Waals surface area contributed by atoms with Crippen LogP contribution < -0.4 is 4.74 Å². The minimum atomic E-state index is -4.77. The first kappa shape index (κ1) is 20.7. The molecule has 0 aliphatic rings. The highest BCUT2D eigenvalue weighted by Crippen LogP contribution is 2.40. The van der Waals surface area contributed by atoms with Crippen LogP contribution in [0.1, 0.15) is 56.6 Å². The summed E-state index contributed by atoms with van der Waals surface area (Å²) in [6.07, 6.45) is -5.93. The van der Waals surface area contributed by atoms with Crippen LogP contribution in [0.3, 0.4) is 0 Å². The number of benzene rings is 1. The molecule has 146 valence electrons. The van der Waals surface area contributed by atoms with Gasteiger partial charge in [-0.15, -0.1) is 0 Å². The summed E-state index contributed by atoms with van der Waals surface area (Å²) in [6.45, 7) is 6.32. The van der Waals surface area contributed by atoms with E-state index in [1.165, 1.54) is 14.0 Å². The summed E-state index contributed by atoms with van der Waals surface area (Å²) < 4.78 is 51.0. The Morgan fingerprint density at radius 3 is 2.11 bits per heavy atom. The lowest BCUT2D eigenvalue weighted by atomic mass is 9.89. The second kappa shape index (κ2) is 7.54. The maximum atomic E-state index is 13.4. The van der Waals surface area contributed by atoms with Crippen LogP contribution in [-0.2, 0) is 21.1 Å². The monoisotopic (exact) mass is 382 g/mol. The van der Waals surface area contributed by atoms with Gasteiger partial charge in [0, 0.05) is 12.3 Å². The maximum Gasteiger partial charge on any atom is 0.451 e. The molecule has 8 heteroatoms. The lowest BCUT2D eigenvalue weighted by Gasteiger charge is -2.26. The molecule has 0 spiro atoms. The average Bonchev–Trinajstić information content (AvgIpc) is 2.57. The van der Waals surface area contributed by atoms with E-state index in [-0.39, 0.29) is 17.1 Å². The first-order valence-electron chi connectivity index (χ1n) is 8.21. The molecule has 0 amide bonds. The first-order chi connectivity index (χ1) is 12.4. The number of esters is 1. The number of ether oxygens (including phenoxy) is 2. The molecule has 5 nitrogen and oxygen atoms in total. The number of halogens is 3. The van der Waals surface area contributed by atoms with Crippen molar-refractivity contribution >= 4 is 5.97 Å². The number of nitrogens with zero attached hydrogens (tertiary/aromatic N) is 2. The molecule has 0 saturated carbocycles. The molecule has 0 fully saturated rings. The molecule has 0 N–H and O–H groups in total. The van der Waals surface area contributed by atoms with E-state index in [0.717, 1.165) is 0 Å². The Kier molecular flexibility index (Phi) is 5.77. The Balaban J connectivity index is 2.83. The minimum absolute atomic E-state index is 0.0607. The predicted molar refractivity (Wildman–Crippen MR) is 92.3 cm³/mol. The largest absolute Gasteiger partial charge is 0.493 e. The zero-order valence-corrected chi connectivity index (χ0v) is 15.7. The molecule has 0 saturated heterocycles. The molecule has 1 atom stereocenters. The van der Waals surface area contributed by atoms with Gasteiger partial charge in [0.05, 0.1) is 12.8 Å². The Labute approximate surface area is 155 Å². The van der Waals surface area contributed by atoms with Gasteiger partial charge in [0.2, 0.25) is 5.82 Å². The zero-order chi connectivity index (χ0) is 20.4. The topological polar surface area (TPSA) is 61.3 Å². The normalized spacial score (nSPS) is 13.2. The molecule has 2 rings (SSSR count). The van der Waals surface area contributed by atoms with E-state index >= 15 is 0 Å². The molecule has 0 aliphatic heterocycles. The van der Waals surface area contributed by atoms with Crippen molar-refractivity contribution in [2.75, 3.05) is 7.11 Å². The van der Waals surface area contributed by atoms with Crippen LogP contribution in [0, 0.1) is 0 Å². The third-order valence-electron chi connectivity index (χ3n) is 3.69.